The Hall–Kier alpha value is -2.94. The van der Waals surface area contributed by atoms with Gasteiger partial charge in [-0.3, -0.25) is 14.4 Å². The fourth-order valence-electron chi connectivity index (χ4n) is 3.64. The van der Waals surface area contributed by atoms with Gasteiger partial charge in [-0.1, -0.05) is 17.7 Å². The third-order valence-electron chi connectivity index (χ3n) is 5.47. The van der Waals surface area contributed by atoms with Gasteiger partial charge in [0.2, 0.25) is 5.91 Å². The van der Waals surface area contributed by atoms with Crippen LogP contribution in [0.4, 0.5) is 0 Å². The first-order valence-electron chi connectivity index (χ1n) is 10.1. The van der Waals surface area contributed by atoms with Crippen LogP contribution in [0, 0.1) is 6.92 Å². The molecule has 0 saturated heterocycles. The van der Waals surface area contributed by atoms with E-state index in [9.17, 15) is 14.4 Å². The molecule has 0 radical (unpaired) electrons. The van der Waals surface area contributed by atoms with E-state index in [-0.39, 0.29) is 48.4 Å². The SMILES string of the molecule is Cc1ccc(Cl)cc1C1CCC(=O)C(C(=O)CCCc2nnnn2C)=NN(C)C(=O)C1. The van der Waals surface area contributed by atoms with E-state index >= 15 is 0 Å². The van der Waals surface area contributed by atoms with Gasteiger partial charge in [-0.15, -0.1) is 5.10 Å². The number of hydrogen-bond acceptors (Lipinski definition) is 7. The molecule has 1 aromatic heterocycles. The Balaban J connectivity index is 1.73. The summed E-state index contributed by atoms with van der Waals surface area (Å²) in [6.07, 6.45) is 1.86. The average molecular weight is 445 g/mol. The molecule has 9 nitrogen and oxygen atoms in total. The van der Waals surface area contributed by atoms with Gasteiger partial charge in [-0.2, -0.15) is 5.10 Å². The summed E-state index contributed by atoms with van der Waals surface area (Å²) in [5.74, 6) is -0.503. The molecule has 1 atom stereocenters. The number of aryl methyl sites for hydroxylation is 3. The zero-order valence-corrected chi connectivity index (χ0v) is 18.6. The molecule has 0 N–H and O–H groups in total. The fraction of sp³-hybridized carbons (Fsp3) is 0.476. The number of ketones is 2. The van der Waals surface area contributed by atoms with Gasteiger partial charge < -0.3 is 0 Å². The van der Waals surface area contributed by atoms with Gasteiger partial charge in [0.1, 0.15) is 0 Å². The van der Waals surface area contributed by atoms with Crippen molar-refractivity contribution in [2.24, 2.45) is 12.1 Å². The maximum atomic E-state index is 12.8. The molecule has 1 aromatic carbocycles. The molecule has 0 bridgehead atoms. The molecule has 1 amide bonds. The van der Waals surface area contributed by atoms with Gasteiger partial charge in [0.05, 0.1) is 0 Å². The van der Waals surface area contributed by atoms with E-state index in [0.29, 0.717) is 30.1 Å². The van der Waals surface area contributed by atoms with Crippen molar-refractivity contribution >= 4 is 34.8 Å². The topological polar surface area (TPSA) is 110 Å². The van der Waals surface area contributed by atoms with Crippen LogP contribution in [-0.2, 0) is 27.9 Å². The highest BCUT2D eigenvalue weighted by atomic mass is 35.5. The van der Waals surface area contributed by atoms with Crippen LogP contribution in [0.1, 0.15) is 55.0 Å². The van der Waals surface area contributed by atoms with Crippen LogP contribution in [-0.4, -0.2) is 55.4 Å². The van der Waals surface area contributed by atoms with Crippen LogP contribution in [0.2, 0.25) is 5.02 Å². The third-order valence-corrected chi connectivity index (χ3v) is 5.71. The molecular formula is C21H25ClN6O3. The third kappa shape index (κ3) is 5.61. The Morgan fingerprint density at radius 1 is 1.26 bits per heavy atom. The number of benzene rings is 1. The van der Waals surface area contributed by atoms with Crippen molar-refractivity contribution in [1.82, 2.24) is 25.2 Å². The monoisotopic (exact) mass is 444 g/mol. The largest absolute Gasteiger partial charge is 0.292 e. The first-order valence-corrected chi connectivity index (χ1v) is 10.5. The first-order chi connectivity index (χ1) is 14.8. The molecule has 0 fully saturated rings. The van der Waals surface area contributed by atoms with Crippen molar-refractivity contribution in [3.63, 3.8) is 0 Å². The summed E-state index contributed by atoms with van der Waals surface area (Å²) in [6.45, 7) is 1.95. The summed E-state index contributed by atoms with van der Waals surface area (Å²) in [5, 5.41) is 17.0. The predicted molar refractivity (Wildman–Crippen MR) is 115 cm³/mol. The van der Waals surface area contributed by atoms with E-state index in [1.807, 2.05) is 19.1 Å². The fourth-order valence-corrected chi connectivity index (χ4v) is 3.82. The Bertz CT molecular complexity index is 1030. The summed E-state index contributed by atoms with van der Waals surface area (Å²) >= 11 is 6.15. The normalized spacial score (nSPS) is 17.7. The molecule has 31 heavy (non-hydrogen) atoms. The van der Waals surface area contributed by atoms with Crippen molar-refractivity contribution in [2.45, 2.75) is 51.4 Å². The maximum absolute atomic E-state index is 12.8. The Labute approximate surface area is 185 Å². The van der Waals surface area contributed by atoms with Crippen LogP contribution in [0.3, 0.4) is 0 Å². The summed E-state index contributed by atoms with van der Waals surface area (Å²) in [4.78, 5) is 38.3. The zero-order valence-electron chi connectivity index (χ0n) is 17.8. The number of carbonyl (C=O) groups is 3. The number of Topliss-reactive ketones (excluding diaryl/α,β-unsaturated/α-hetero) is 2. The van der Waals surface area contributed by atoms with Crippen molar-refractivity contribution in [2.75, 3.05) is 7.05 Å². The van der Waals surface area contributed by atoms with Crippen LogP contribution >= 0.6 is 11.6 Å². The van der Waals surface area contributed by atoms with Gasteiger partial charge in [-0.05, 0) is 59.4 Å². The number of halogens is 1. The molecular weight excluding hydrogens is 420 g/mol. The highest BCUT2D eigenvalue weighted by Gasteiger charge is 2.28. The summed E-state index contributed by atoms with van der Waals surface area (Å²) in [7, 11) is 3.20. The minimum Gasteiger partial charge on any atom is -0.292 e. The molecule has 1 aliphatic rings. The Morgan fingerprint density at radius 2 is 2.03 bits per heavy atom. The first kappa shape index (κ1) is 22.7. The molecule has 0 aliphatic carbocycles. The summed E-state index contributed by atoms with van der Waals surface area (Å²) in [5.41, 5.74) is 1.77. The minimum absolute atomic E-state index is 0.121. The van der Waals surface area contributed by atoms with E-state index in [0.717, 1.165) is 16.1 Å². The van der Waals surface area contributed by atoms with Gasteiger partial charge >= 0.3 is 0 Å². The maximum Gasteiger partial charge on any atom is 0.243 e. The smallest absolute Gasteiger partial charge is 0.243 e. The van der Waals surface area contributed by atoms with E-state index in [2.05, 4.69) is 20.6 Å². The molecule has 164 valence electrons. The lowest BCUT2D eigenvalue weighted by atomic mass is 9.87. The van der Waals surface area contributed by atoms with Crippen molar-refractivity contribution in [1.29, 1.82) is 0 Å². The Morgan fingerprint density at radius 3 is 2.74 bits per heavy atom. The molecule has 1 unspecified atom stereocenters. The molecule has 3 rings (SSSR count). The molecule has 1 aliphatic heterocycles. The van der Waals surface area contributed by atoms with Crippen molar-refractivity contribution in [3.8, 4) is 0 Å². The number of carbonyl (C=O) groups excluding carboxylic acids is 3. The van der Waals surface area contributed by atoms with Crippen LogP contribution in [0.5, 0.6) is 0 Å². The van der Waals surface area contributed by atoms with Gasteiger partial charge in [0.25, 0.3) is 0 Å². The minimum atomic E-state index is -0.378. The van der Waals surface area contributed by atoms with Crippen LogP contribution < -0.4 is 0 Å². The number of amides is 1. The van der Waals surface area contributed by atoms with E-state index in [1.165, 1.54) is 11.7 Å². The molecule has 2 aromatic rings. The molecule has 0 spiro atoms. The quantitative estimate of drug-likeness (QED) is 0.676. The second kappa shape index (κ2) is 9.91. The number of hydrogen-bond donors (Lipinski definition) is 0. The predicted octanol–water partition coefficient (Wildman–Crippen LogP) is 2.41. The number of aromatic nitrogens is 4. The standard InChI is InChI=1S/C21H25ClN6O3/c1-13-7-9-15(22)12-16(13)14-8-10-18(30)21(24-28(3)20(31)11-14)17(29)5-4-6-19-23-25-26-27(19)2/h7,9,12,14H,4-6,8,10-11H2,1-3H3. The lowest BCUT2D eigenvalue weighted by Gasteiger charge is -2.19. The Kier molecular flexibility index (Phi) is 7.27. The second-order valence-corrected chi connectivity index (χ2v) is 8.16. The van der Waals surface area contributed by atoms with Crippen molar-refractivity contribution in [3.05, 3.63) is 40.2 Å². The lowest BCUT2D eigenvalue weighted by molar-refractivity contribution is -0.130. The highest BCUT2D eigenvalue weighted by molar-refractivity contribution is 6.66. The average Bonchev–Trinajstić information content (AvgIpc) is 3.16. The van der Waals surface area contributed by atoms with Crippen molar-refractivity contribution < 1.29 is 14.4 Å². The van der Waals surface area contributed by atoms with Gasteiger partial charge in [0, 0.05) is 44.8 Å². The number of hydrazone groups is 1. The van der Waals surface area contributed by atoms with Gasteiger partial charge in [-0.25, -0.2) is 9.69 Å². The second-order valence-electron chi connectivity index (χ2n) is 7.73. The highest BCUT2D eigenvalue weighted by Crippen LogP contribution is 2.31. The molecule has 2 heterocycles. The molecule has 0 saturated carbocycles. The number of rotatable bonds is 6. The van der Waals surface area contributed by atoms with Crippen LogP contribution in [0.25, 0.3) is 0 Å². The zero-order chi connectivity index (χ0) is 22.5. The number of tetrazole rings is 1. The van der Waals surface area contributed by atoms with Crippen LogP contribution in [0.15, 0.2) is 23.3 Å². The van der Waals surface area contributed by atoms with E-state index in [1.54, 1.807) is 13.1 Å². The van der Waals surface area contributed by atoms with E-state index in [4.69, 9.17) is 11.6 Å². The summed E-state index contributed by atoms with van der Waals surface area (Å²) < 4.78 is 1.54. The number of nitrogens with zero attached hydrogens (tertiary/aromatic N) is 6. The molecule has 10 heteroatoms. The summed E-state index contributed by atoms with van der Waals surface area (Å²) in [6, 6.07) is 5.54. The van der Waals surface area contributed by atoms with Gasteiger partial charge in [0.15, 0.2) is 23.1 Å². The lowest BCUT2D eigenvalue weighted by Crippen LogP contribution is -2.29. The van der Waals surface area contributed by atoms with E-state index < -0.39 is 0 Å².